The molecule has 1 aromatic carbocycles. The Bertz CT molecular complexity index is 629. The number of aryl methyl sites for hydroxylation is 3. The predicted molar refractivity (Wildman–Crippen MR) is 82.4 cm³/mol. The first-order valence-corrected chi connectivity index (χ1v) is 7.29. The van der Waals surface area contributed by atoms with E-state index in [0.717, 1.165) is 5.69 Å². The largest absolute Gasteiger partial charge is 0.477 e. The molecule has 1 heterocycles. The third-order valence-electron chi connectivity index (χ3n) is 3.10. The van der Waals surface area contributed by atoms with Crippen LogP contribution in [0, 0.1) is 13.8 Å². The zero-order valence-corrected chi connectivity index (χ0v) is 12.9. The van der Waals surface area contributed by atoms with Crippen molar-refractivity contribution < 1.29 is 9.90 Å². The van der Waals surface area contributed by atoms with Crippen LogP contribution in [0.3, 0.4) is 0 Å². The van der Waals surface area contributed by atoms with Crippen molar-refractivity contribution in [3.63, 3.8) is 0 Å². The van der Waals surface area contributed by atoms with Crippen molar-refractivity contribution in [2.75, 3.05) is 11.9 Å². The van der Waals surface area contributed by atoms with E-state index in [1.807, 2.05) is 32.7 Å². The molecule has 0 aliphatic carbocycles. The highest BCUT2D eigenvalue weighted by Gasteiger charge is 2.18. The molecule has 0 fully saturated rings. The first-order chi connectivity index (χ1) is 9.42. The number of rotatable bonds is 4. The molecule has 1 N–H and O–H groups in total. The summed E-state index contributed by atoms with van der Waals surface area (Å²) in [5.41, 5.74) is 4.03. The standard InChI is InChI=1S/C15H18N2O2S/c1-5-12-13(14(18)19)20-15(16-12)17(4)11-7-9(2)6-10(3)8-11/h6-8H,5H2,1-4H3,(H,18,19). The summed E-state index contributed by atoms with van der Waals surface area (Å²) in [5, 5.41) is 9.91. The maximum Gasteiger partial charge on any atom is 0.347 e. The third kappa shape index (κ3) is 2.82. The Morgan fingerprint density at radius 2 is 1.90 bits per heavy atom. The van der Waals surface area contributed by atoms with Crippen molar-refractivity contribution >= 4 is 28.1 Å². The van der Waals surface area contributed by atoms with Gasteiger partial charge >= 0.3 is 5.97 Å². The van der Waals surface area contributed by atoms with Crippen LogP contribution in [0.25, 0.3) is 0 Å². The third-order valence-corrected chi connectivity index (χ3v) is 4.26. The summed E-state index contributed by atoms with van der Waals surface area (Å²) in [6.07, 6.45) is 0.624. The minimum atomic E-state index is -0.903. The van der Waals surface area contributed by atoms with Crippen LogP contribution in [0.2, 0.25) is 0 Å². The van der Waals surface area contributed by atoms with E-state index in [4.69, 9.17) is 0 Å². The zero-order valence-electron chi connectivity index (χ0n) is 12.1. The monoisotopic (exact) mass is 290 g/mol. The molecule has 2 rings (SSSR count). The first-order valence-electron chi connectivity index (χ1n) is 6.47. The van der Waals surface area contributed by atoms with Gasteiger partial charge in [0.15, 0.2) is 5.13 Å². The molecule has 0 spiro atoms. The van der Waals surface area contributed by atoms with Crippen LogP contribution in [0.5, 0.6) is 0 Å². The Hall–Kier alpha value is -1.88. The number of hydrogen-bond acceptors (Lipinski definition) is 4. The smallest absolute Gasteiger partial charge is 0.347 e. The van der Waals surface area contributed by atoms with E-state index in [2.05, 4.69) is 23.2 Å². The molecule has 106 valence electrons. The van der Waals surface area contributed by atoms with Crippen molar-refractivity contribution in [3.05, 3.63) is 39.9 Å². The zero-order chi connectivity index (χ0) is 14.9. The quantitative estimate of drug-likeness (QED) is 0.930. The lowest BCUT2D eigenvalue weighted by atomic mass is 10.1. The number of aromatic nitrogens is 1. The number of thiazole rings is 1. The first kappa shape index (κ1) is 14.5. The lowest BCUT2D eigenvalue weighted by Crippen LogP contribution is -2.09. The van der Waals surface area contributed by atoms with E-state index in [-0.39, 0.29) is 0 Å². The van der Waals surface area contributed by atoms with E-state index in [9.17, 15) is 9.90 Å². The molecule has 0 radical (unpaired) electrons. The molecule has 4 nitrogen and oxygen atoms in total. The minimum absolute atomic E-state index is 0.332. The molecule has 0 saturated heterocycles. The summed E-state index contributed by atoms with van der Waals surface area (Å²) < 4.78 is 0. The Kier molecular flexibility index (Phi) is 4.09. The fraction of sp³-hybridized carbons (Fsp3) is 0.333. The van der Waals surface area contributed by atoms with Gasteiger partial charge in [-0.05, 0) is 43.5 Å². The maximum atomic E-state index is 11.2. The van der Waals surface area contributed by atoms with Crippen molar-refractivity contribution in [3.8, 4) is 0 Å². The second-order valence-corrected chi connectivity index (χ2v) is 5.81. The van der Waals surface area contributed by atoms with Gasteiger partial charge in [0, 0.05) is 12.7 Å². The topological polar surface area (TPSA) is 53.4 Å². The Balaban J connectivity index is 2.42. The maximum absolute atomic E-state index is 11.2. The average Bonchev–Trinajstić information content (AvgIpc) is 2.80. The van der Waals surface area contributed by atoms with Gasteiger partial charge in [0.25, 0.3) is 0 Å². The van der Waals surface area contributed by atoms with Gasteiger partial charge in [-0.25, -0.2) is 9.78 Å². The van der Waals surface area contributed by atoms with Gasteiger partial charge in [0.05, 0.1) is 5.69 Å². The van der Waals surface area contributed by atoms with Gasteiger partial charge in [-0.2, -0.15) is 0 Å². The number of hydrogen-bond donors (Lipinski definition) is 1. The summed E-state index contributed by atoms with van der Waals surface area (Å²) in [6.45, 7) is 6.01. The lowest BCUT2D eigenvalue weighted by molar-refractivity contribution is 0.0701. The molecule has 0 aliphatic rings. The normalized spacial score (nSPS) is 10.6. The molecule has 2 aromatic rings. The highest BCUT2D eigenvalue weighted by molar-refractivity contribution is 7.17. The fourth-order valence-corrected chi connectivity index (χ4v) is 3.12. The number of anilines is 2. The highest BCUT2D eigenvalue weighted by atomic mass is 32.1. The molecule has 0 saturated carbocycles. The number of nitrogens with zero attached hydrogens (tertiary/aromatic N) is 2. The van der Waals surface area contributed by atoms with Crippen LogP contribution in [-0.2, 0) is 6.42 Å². The van der Waals surface area contributed by atoms with Crippen LogP contribution in [-0.4, -0.2) is 23.1 Å². The van der Waals surface area contributed by atoms with Gasteiger partial charge in [-0.1, -0.05) is 24.3 Å². The van der Waals surface area contributed by atoms with Crippen LogP contribution in [0.4, 0.5) is 10.8 Å². The fourth-order valence-electron chi connectivity index (χ4n) is 2.14. The van der Waals surface area contributed by atoms with E-state index in [1.54, 1.807) is 0 Å². The van der Waals surface area contributed by atoms with Crippen LogP contribution >= 0.6 is 11.3 Å². The van der Waals surface area contributed by atoms with Crippen molar-refractivity contribution in [1.82, 2.24) is 4.98 Å². The van der Waals surface area contributed by atoms with E-state index in [0.29, 0.717) is 22.1 Å². The average molecular weight is 290 g/mol. The van der Waals surface area contributed by atoms with Gasteiger partial charge in [0.2, 0.25) is 0 Å². The molecule has 0 amide bonds. The molecule has 0 aliphatic heterocycles. The Labute approximate surface area is 122 Å². The Morgan fingerprint density at radius 1 is 1.30 bits per heavy atom. The van der Waals surface area contributed by atoms with Crippen LogP contribution in [0.15, 0.2) is 18.2 Å². The van der Waals surface area contributed by atoms with Gasteiger partial charge in [0.1, 0.15) is 4.88 Å². The second kappa shape index (κ2) is 5.63. The number of carboxylic acid groups (broad SMARTS) is 1. The number of carboxylic acids is 1. The summed E-state index contributed by atoms with van der Waals surface area (Å²) in [5.74, 6) is -0.903. The second-order valence-electron chi connectivity index (χ2n) is 4.84. The van der Waals surface area contributed by atoms with Crippen LogP contribution in [0.1, 0.15) is 33.4 Å². The molecule has 5 heteroatoms. The molecule has 0 bridgehead atoms. The predicted octanol–water partition coefficient (Wildman–Crippen LogP) is 3.79. The SMILES string of the molecule is CCc1nc(N(C)c2cc(C)cc(C)c2)sc1C(=O)O. The molecule has 1 aromatic heterocycles. The highest BCUT2D eigenvalue weighted by Crippen LogP contribution is 2.31. The Morgan fingerprint density at radius 3 is 2.35 bits per heavy atom. The van der Waals surface area contributed by atoms with Crippen molar-refractivity contribution in [2.24, 2.45) is 0 Å². The molecular formula is C15H18N2O2S. The van der Waals surface area contributed by atoms with Crippen molar-refractivity contribution in [2.45, 2.75) is 27.2 Å². The number of carbonyl (C=O) groups is 1. The number of benzene rings is 1. The molecular weight excluding hydrogens is 272 g/mol. The van der Waals surface area contributed by atoms with E-state index >= 15 is 0 Å². The van der Waals surface area contributed by atoms with Gasteiger partial charge in [-0.15, -0.1) is 0 Å². The summed E-state index contributed by atoms with van der Waals surface area (Å²) in [6, 6.07) is 6.25. The van der Waals surface area contributed by atoms with E-state index in [1.165, 1.54) is 22.5 Å². The minimum Gasteiger partial charge on any atom is -0.477 e. The molecule has 0 atom stereocenters. The summed E-state index contributed by atoms with van der Waals surface area (Å²) >= 11 is 1.22. The summed E-state index contributed by atoms with van der Waals surface area (Å²) in [4.78, 5) is 17.9. The molecule has 20 heavy (non-hydrogen) atoms. The van der Waals surface area contributed by atoms with Gasteiger partial charge < -0.3 is 10.0 Å². The van der Waals surface area contributed by atoms with Crippen LogP contribution < -0.4 is 4.90 Å². The van der Waals surface area contributed by atoms with E-state index < -0.39 is 5.97 Å². The number of aromatic carboxylic acids is 1. The molecule has 0 unspecified atom stereocenters. The summed E-state index contributed by atoms with van der Waals surface area (Å²) in [7, 11) is 1.91. The van der Waals surface area contributed by atoms with Crippen molar-refractivity contribution in [1.29, 1.82) is 0 Å². The van der Waals surface area contributed by atoms with Gasteiger partial charge in [-0.3, -0.25) is 0 Å². The lowest BCUT2D eigenvalue weighted by Gasteiger charge is -2.17.